The Hall–Kier alpha value is -3.90. The van der Waals surface area contributed by atoms with Crippen LogP contribution in [0.1, 0.15) is 38.4 Å². The predicted octanol–water partition coefficient (Wildman–Crippen LogP) is 3.90. The number of fused-ring (bicyclic) bond motifs is 1. The molecule has 3 heterocycles. The third kappa shape index (κ3) is 4.92. The number of piperazine rings is 1. The van der Waals surface area contributed by atoms with Crippen molar-refractivity contribution in [2.24, 2.45) is 0 Å². The minimum atomic E-state index is -4.32. The Kier molecular flexibility index (Phi) is 7.09. The normalized spacial score (nSPS) is 16.9. The number of halogens is 3. The van der Waals surface area contributed by atoms with Crippen molar-refractivity contribution in [3.8, 4) is 0 Å². The van der Waals surface area contributed by atoms with E-state index in [4.69, 9.17) is 0 Å². The summed E-state index contributed by atoms with van der Waals surface area (Å²) in [5, 5.41) is 2.68. The molecule has 210 valence electrons. The maximum Gasteiger partial charge on any atom is 0.256 e. The standard InChI is InChI=1S/C28H27F3N4O4S/c1-15-24(32-16(2)25(15)28(37)35-10-8-34(3)9-11-35)13-19-18-12-17(4-7-23(18)33-27(19)36)40(38,39)14-20-21(29)5-6-22(30)26(20)31/h4-7,12-13,32H,8-11,14H2,1-3H3,(H,33,36)/b19-13-. The molecule has 3 aromatic rings. The molecule has 0 saturated carbocycles. The van der Waals surface area contributed by atoms with Gasteiger partial charge in [0.05, 0.1) is 21.8 Å². The lowest BCUT2D eigenvalue weighted by molar-refractivity contribution is -0.110. The molecule has 0 aliphatic carbocycles. The molecule has 8 nitrogen and oxygen atoms in total. The lowest BCUT2D eigenvalue weighted by Crippen LogP contribution is -2.47. The van der Waals surface area contributed by atoms with Gasteiger partial charge in [0.2, 0.25) is 0 Å². The fourth-order valence-electron chi connectivity index (χ4n) is 5.03. The van der Waals surface area contributed by atoms with Gasteiger partial charge in [0.1, 0.15) is 5.82 Å². The number of amides is 2. The Morgan fingerprint density at radius 1 is 1.02 bits per heavy atom. The van der Waals surface area contributed by atoms with Gasteiger partial charge in [-0.25, -0.2) is 21.6 Å². The van der Waals surface area contributed by atoms with Gasteiger partial charge in [0, 0.05) is 54.4 Å². The molecule has 2 aromatic carbocycles. The van der Waals surface area contributed by atoms with Crippen molar-refractivity contribution in [1.82, 2.24) is 14.8 Å². The molecular weight excluding hydrogens is 545 g/mol. The molecule has 2 aliphatic rings. The van der Waals surface area contributed by atoms with Gasteiger partial charge < -0.3 is 20.1 Å². The quantitative estimate of drug-likeness (QED) is 0.357. The van der Waals surface area contributed by atoms with Crippen LogP contribution in [0, 0.1) is 31.3 Å². The number of nitrogens with zero attached hydrogens (tertiary/aromatic N) is 2. The zero-order valence-electron chi connectivity index (χ0n) is 22.1. The first-order chi connectivity index (χ1) is 18.9. The number of rotatable bonds is 5. The number of nitrogens with one attached hydrogen (secondary N) is 2. The fourth-order valence-corrected chi connectivity index (χ4v) is 6.41. The van der Waals surface area contributed by atoms with E-state index in [0.717, 1.165) is 13.1 Å². The van der Waals surface area contributed by atoms with Crippen LogP contribution in [0.4, 0.5) is 18.9 Å². The lowest BCUT2D eigenvalue weighted by atomic mass is 10.0. The van der Waals surface area contributed by atoms with Gasteiger partial charge in [-0.15, -0.1) is 0 Å². The second-order valence-corrected chi connectivity index (χ2v) is 12.0. The molecule has 1 aromatic heterocycles. The van der Waals surface area contributed by atoms with Crippen molar-refractivity contribution < 1.29 is 31.2 Å². The number of benzene rings is 2. The van der Waals surface area contributed by atoms with Crippen LogP contribution in [0.25, 0.3) is 11.6 Å². The summed E-state index contributed by atoms with van der Waals surface area (Å²) in [7, 11) is -2.33. The van der Waals surface area contributed by atoms with E-state index in [9.17, 15) is 31.2 Å². The Morgan fingerprint density at radius 2 is 1.70 bits per heavy atom. The first-order valence-corrected chi connectivity index (χ1v) is 14.2. The Labute approximate surface area is 229 Å². The van der Waals surface area contributed by atoms with Crippen LogP contribution in [0.3, 0.4) is 0 Å². The van der Waals surface area contributed by atoms with Crippen LogP contribution in [0.15, 0.2) is 35.2 Å². The summed E-state index contributed by atoms with van der Waals surface area (Å²) in [6.07, 6.45) is 1.55. The molecule has 5 rings (SSSR count). The van der Waals surface area contributed by atoms with Crippen molar-refractivity contribution in [3.05, 3.63) is 81.4 Å². The predicted molar refractivity (Wildman–Crippen MR) is 144 cm³/mol. The number of aromatic nitrogens is 1. The number of H-pyrrole nitrogens is 1. The molecule has 0 atom stereocenters. The van der Waals surface area contributed by atoms with Gasteiger partial charge in [-0.3, -0.25) is 9.59 Å². The van der Waals surface area contributed by atoms with Crippen LogP contribution in [0.5, 0.6) is 0 Å². The number of hydrogen-bond donors (Lipinski definition) is 2. The molecule has 1 fully saturated rings. The topological polar surface area (TPSA) is 103 Å². The molecule has 2 N–H and O–H groups in total. The summed E-state index contributed by atoms with van der Waals surface area (Å²) in [5.41, 5.74) is 2.20. The zero-order chi connectivity index (χ0) is 28.9. The summed E-state index contributed by atoms with van der Waals surface area (Å²) in [4.78, 5) is 33.0. The van der Waals surface area contributed by atoms with E-state index >= 15 is 0 Å². The molecule has 40 heavy (non-hydrogen) atoms. The van der Waals surface area contributed by atoms with Gasteiger partial charge >= 0.3 is 0 Å². The molecule has 2 aliphatic heterocycles. The van der Waals surface area contributed by atoms with Crippen LogP contribution in [-0.2, 0) is 20.4 Å². The van der Waals surface area contributed by atoms with Gasteiger partial charge in [-0.2, -0.15) is 0 Å². The van der Waals surface area contributed by atoms with Crippen LogP contribution in [-0.4, -0.2) is 68.2 Å². The highest BCUT2D eigenvalue weighted by Crippen LogP contribution is 2.36. The van der Waals surface area contributed by atoms with Crippen molar-refractivity contribution in [3.63, 3.8) is 0 Å². The highest BCUT2D eigenvalue weighted by atomic mass is 32.2. The molecule has 1 saturated heterocycles. The van der Waals surface area contributed by atoms with E-state index in [1.165, 1.54) is 18.2 Å². The number of likely N-dealkylation sites (N-methyl/N-ethyl adjacent to an activating group) is 1. The van der Waals surface area contributed by atoms with Gasteiger partial charge in [0.25, 0.3) is 11.8 Å². The van der Waals surface area contributed by atoms with Crippen molar-refractivity contribution in [2.75, 3.05) is 38.5 Å². The summed E-state index contributed by atoms with van der Waals surface area (Å²) >= 11 is 0. The smallest absolute Gasteiger partial charge is 0.256 e. The Balaban J connectivity index is 1.49. The maximum absolute atomic E-state index is 14.2. The molecule has 2 amide bonds. The van der Waals surface area contributed by atoms with Crippen molar-refractivity contribution in [1.29, 1.82) is 0 Å². The average molecular weight is 573 g/mol. The molecule has 12 heteroatoms. The second kappa shape index (κ2) is 10.3. The van der Waals surface area contributed by atoms with E-state index in [2.05, 4.69) is 15.2 Å². The highest BCUT2D eigenvalue weighted by Gasteiger charge is 2.30. The number of hydrogen-bond acceptors (Lipinski definition) is 5. The fraction of sp³-hybridized carbons (Fsp3) is 0.286. The molecule has 0 unspecified atom stereocenters. The number of aryl methyl sites for hydroxylation is 1. The number of carbonyl (C=O) groups excluding carboxylic acids is 2. The van der Waals surface area contributed by atoms with E-state index < -0.39 is 44.5 Å². The molecule has 0 bridgehead atoms. The highest BCUT2D eigenvalue weighted by molar-refractivity contribution is 7.90. The van der Waals surface area contributed by atoms with E-state index in [-0.39, 0.29) is 21.9 Å². The average Bonchev–Trinajstić information content (AvgIpc) is 3.38. The van der Waals surface area contributed by atoms with E-state index in [1.807, 2.05) is 7.05 Å². The first-order valence-electron chi connectivity index (χ1n) is 12.6. The maximum atomic E-state index is 14.2. The first kappa shape index (κ1) is 27.7. The summed E-state index contributed by atoms with van der Waals surface area (Å²) in [6.45, 7) is 6.29. The third-order valence-electron chi connectivity index (χ3n) is 7.38. The largest absolute Gasteiger partial charge is 0.358 e. The minimum absolute atomic E-state index is 0.106. The number of aromatic amines is 1. The lowest BCUT2D eigenvalue weighted by Gasteiger charge is -2.32. The Bertz CT molecular complexity index is 1690. The van der Waals surface area contributed by atoms with E-state index in [1.54, 1.807) is 24.8 Å². The van der Waals surface area contributed by atoms with Gasteiger partial charge in [-0.05, 0) is 62.9 Å². The molecule has 0 spiro atoms. The summed E-state index contributed by atoms with van der Waals surface area (Å²) < 4.78 is 68.1. The molecule has 0 radical (unpaired) electrons. The summed E-state index contributed by atoms with van der Waals surface area (Å²) in [6, 6.07) is 5.08. The van der Waals surface area contributed by atoms with Crippen molar-refractivity contribution in [2.45, 2.75) is 24.5 Å². The van der Waals surface area contributed by atoms with Gasteiger partial charge in [0.15, 0.2) is 21.5 Å². The van der Waals surface area contributed by atoms with E-state index in [0.29, 0.717) is 53.4 Å². The SMILES string of the molecule is Cc1[nH]c(/C=C2\C(=O)Nc3ccc(S(=O)(=O)Cc4c(F)ccc(F)c4F)cc32)c(C)c1C(=O)N1CCN(C)CC1. The minimum Gasteiger partial charge on any atom is -0.358 e. The zero-order valence-corrected chi connectivity index (χ0v) is 22.9. The third-order valence-corrected chi connectivity index (χ3v) is 9.02. The monoisotopic (exact) mass is 572 g/mol. The second-order valence-electron chi connectivity index (χ2n) is 10.1. The van der Waals surface area contributed by atoms with Gasteiger partial charge in [-0.1, -0.05) is 0 Å². The summed E-state index contributed by atoms with van der Waals surface area (Å²) in [5.74, 6) is -5.80. The number of sulfone groups is 1. The number of carbonyl (C=O) groups is 2. The van der Waals surface area contributed by atoms with Crippen molar-refractivity contribution >= 4 is 39.0 Å². The van der Waals surface area contributed by atoms with Crippen LogP contribution >= 0.6 is 0 Å². The van der Waals surface area contributed by atoms with Crippen LogP contribution in [0.2, 0.25) is 0 Å². The Morgan fingerprint density at radius 3 is 2.40 bits per heavy atom. The van der Waals surface area contributed by atoms with Crippen LogP contribution < -0.4 is 5.32 Å². The number of anilines is 1. The molecular formula is C28H27F3N4O4S.